The number of nitrogens with zero attached hydrogens (tertiary/aromatic N) is 2. The molecule has 22 heavy (non-hydrogen) atoms. The molecule has 0 spiro atoms. The number of pyridine rings is 1. The predicted molar refractivity (Wildman–Crippen MR) is 87.1 cm³/mol. The fourth-order valence-corrected chi connectivity index (χ4v) is 3.02. The minimum absolute atomic E-state index is 0.702. The van der Waals surface area contributed by atoms with Crippen molar-refractivity contribution in [1.82, 2.24) is 15.0 Å². The number of benzene rings is 1. The van der Waals surface area contributed by atoms with Gasteiger partial charge in [0.1, 0.15) is 5.82 Å². The summed E-state index contributed by atoms with van der Waals surface area (Å²) in [6.45, 7) is 1.71. The molecule has 5 nitrogen and oxygen atoms in total. The van der Waals surface area contributed by atoms with Gasteiger partial charge in [0.05, 0.1) is 23.8 Å². The van der Waals surface area contributed by atoms with Crippen LogP contribution in [0.15, 0.2) is 30.6 Å². The Kier molecular flexibility index (Phi) is 3.27. The van der Waals surface area contributed by atoms with Gasteiger partial charge in [-0.1, -0.05) is 0 Å². The molecule has 0 radical (unpaired) electrons. The smallest absolute Gasteiger partial charge is 0.138 e. The molecule has 0 atom stereocenters. The lowest BCUT2D eigenvalue weighted by Gasteiger charge is -2.11. The van der Waals surface area contributed by atoms with Gasteiger partial charge >= 0.3 is 0 Å². The second-order valence-electron chi connectivity index (χ2n) is 5.56. The van der Waals surface area contributed by atoms with Gasteiger partial charge < -0.3 is 15.0 Å². The molecule has 0 aliphatic carbocycles. The second kappa shape index (κ2) is 5.42. The Morgan fingerprint density at radius 1 is 1.32 bits per heavy atom. The molecule has 0 saturated heterocycles. The van der Waals surface area contributed by atoms with E-state index in [1.165, 1.54) is 16.8 Å². The van der Waals surface area contributed by atoms with Crippen molar-refractivity contribution in [3.8, 4) is 11.4 Å². The lowest BCUT2D eigenvalue weighted by atomic mass is 9.99. The first kappa shape index (κ1) is 13.3. The molecule has 4 rings (SSSR count). The van der Waals surface area contributed by atoms with E-state index in [4.69, 9.17) is 9.72 Å². The third-order valence-corrected chi connectivity index (χ3v) is 4.15. The van der Waals surface area contributed by atoms with E-state index in [1.54, 1.807) is 13.3 Å². The van der Waals surface area contributed by atoms with Crippen molar-refractivity contribution in [3.63, 3.8) is 0 Å². The number of ether oxygens (including phenoxy) is 1. The number of methoxy groups -OCH3 is 1. The normalized spacial score (nSPS) is 13.3. The maximum absolute atomic E-state index is 5.25. The highest BCUT2D eigenvalue weighted by Crippen LogP contribution is 2.32. The first-order chi connectivity index (χ1) is 10.8. The average Bonchev–Trinajstić information content (AvgIpc) is 3.17. The number of fused-ring (bicyclic) bond motifs is 2. The van der Waals surface area contributed by atoms with Crippen LogP contribution in [-0.4, -0.2) is 35.2 Å². The van der Waals surface area contributed by atoms with E-state index in [0.29, 0.717) is 6.61 Å². The van der Waals surface area contributed by atoms with Crippen molar-refractivity contribution >= 4 is 16.7 Å². The third-order valence-electron chi connectivity index (χ3n) is 4.15. The summed E-state index contributed by atoms with van der Waals surface area (Å²) in [5.41, 5.74) is 6.93. The summed E-state index contributed by atoms with van der Waals surface area (Å²) in [6, 6.07) is 6.42. The second-order valence-corrected chi connectivity index (χ2v) is 5.56. The van der Waals surface area contributed by atoms with Gasteiger partial charge in [0.15, 0.2) is 0 Å². The molecule has 3 aromatic rings. The molecule has 0 saturated carbocycles. The van der Waals surface area contributed by atoms with Gasteiger partial charge in [-0.2, -0.15) is 0 Å². The van der Waals surface area contributed by atoms with Crippen molar-refractivity contribution in [2.45, 2.75) is 12.8 Å². The van der Waals surface area contributed by atoms with Crippen molar-refractivity contribution in [1.29, 1.82) is 0 Å². The van der Waals surface area contributed by atoms with E-state index in [1.807, 2.05) is 12.3 Å². The Labute approximate surface area is 128 Å². The Balaban J connectivity index is 1.84. The number of rotatable bonds is 4. The molecule has 5 heteroatoms. The van der Waals surface area contributed by atoms with Gasteiger partial charge in [0, 0.05) is 31.1 Å². The van der Waals surface area contributed by atoms with Gasteiger partial charge in [-0.15, -0.1) is 0 Å². The number of hydrogen-bond acceptors (Lipinski definition) is 4. The summed E-state index contributed by atoms with van der Waals surface area (Å²) in [5, 5.41) is 3.44. The average molecular weight is 294 g/mol. The minimum Gasteiger partial charge on any atom is -0.384 e. The van der Waals surface area contributed by atoms with Crippen molar-refractivity contribution < 1.29 is 4.74 Å². The number of nitrogens with one attached hydrogen (secondary N) is 2. The summed E-state index contributed by atoms with van der Waals surface area (Å²) in [6.07, 6.45) is 5.52. The lowest BCUT2D eigenvalue weighted by Crippen LogP contribution is -1.99. The van der Waals surface area contributed by atoms with E-state index in [9.17, 15) is 0 Å². The van der Waals surface area contributed by atoms with E-state index in [0.717, 1.165) is 41.8 Å². The van der Waals surface area contributed by atoms with Crippen LogP contribution in [-0.2, 0) is 17.6 Å². The van der Waals surface area contributed by atoms with Gasteiger partial charge in [-0.05, 0) is 42.2 Å². The number of anilines is 1. The van der Waals surface area contributed by atoms with Crippen LogP contribution in [0.25, 0.3) is 22.4 Å². The van der Waals surface area contributed by atoms with Gasteiger partial charge in [0.25, 0.3) is 0 Å². The molecule has 0 bridgehead atoms. The van der Waals surface area contributed by atoms with Crippen LogP contribution in [0.4, 0.5) is 5.69 Å². The summed E-state index contributed by atoms with van der Waals surface area (Å²) in [4.78, 5) is 12.3. The molecule has 1 aromatic carbocycles. The highest BCUT2D eigenvalue weighted by Gasteiger charge is 2.17. The molecule has 0 amide bonds. The van der Waals surface area contributed by atoms with Crippen LogP contribution in [0.1, 0.15) is 11.1 Å². The van der Waals surface area contributed by atoms with Crippen LogP contribution in [0, 0.1) is 0 Å². The van der Waals surface area contributed by atoms with E-state index < -0.39 is 0 Å². The van der Waals surface area contributed by atoms with E-state index in [2.05, 4.69) is 27.4 Å². The topological polar surface area (TPSA) is 62.8 Å². The van der Waals surface area contributed by atoms with Crippen molar-refractivity contribution in [3.05, 3.63) is 41.7 Å². The summed E-state index contributed by atoms with van der Waals surface area (Å²) >= 11 is 0. The molecular formula is C17H18N4O. The van der Waals surface area contributed by atoms with E-state index in [-0.39, 0.29) is 0 Å². The minimum atomic E-state index is 0.702. The van der Waals surface area contributed by atoms with Crippen LogP contribution >= 0.6 is 0 Å². The van der Waals surface area contributed by atoms with Gasteiger partial charge in [-0.3, -0.25) is 4.98 Å². The molecule has 1 aliphatic heterocycles. The number of imidazole rings is 1. The fraction of sp³-hybridized carbons (Fsp3) is 0.294. The first-order valence-electron chi connectivity index (χ1n) is 7.54. The summed E-state index contributed by atoms with van der Waals surface area (Å²) in [7, 11) is 1.73. The number of H-pyrrole nitrogens is 1. The molecule has 2 N–H and O–H groups in total. The monoisotopic (exact) mass is 294 g/mol. The Morgan fingerprint density at radius 2 is 2.27 bits per heavy atom. The standard InChI is InChI=1S/C17H18N4O/c1-22-7-4-11-9-15-12(2-6-19-15)8-13(11)17-20-14-3-5-18-10-16(14)21-17/h3,5,8-10,19H,2,4,6-7H2,1H3,(H,20,21). The van der Waals surface area contributed by atoms with Gasteiger partial charge in [0.2, 0.25) is 0 Å². The zero-order valence-corrected chi connectivity index (χ0v) is 12.5. The molecular weight excluding hydrogens is 276 g/mol. The molecule has 0 unspecified atom stereocenters. The van der Waals surface area contributed by atoms with Crippen molar-refractivity contribution in [2.24, 2.45) is 0 Å². The highest BCUT2D eigenvalue weighted by atomic mass is 16.5. The fourth-order valence-electron chi connectivity index (χ4n) is 3.02. The Hall–Kier alpha value is -2.40. The first-order valence-corrected chi connectivity index (χ1v) is 7.54. The number of aromatic nitrogens is 3. The molecule has 0 fully saturated rings. The molecule has 3 heterocycles. The van der Waals surface area contributed by atoms with Crippen LogP contribution in [0.5, 0.6) is 0 Å². The zero-order chi connectivity index (χ0) is 14.9. The number of hydrogen-bond donors (Lipinski definition) is 2. The predicted octanol–water partition coefficient (Wildman–Crippen LogP) is 2.78. The molecule has 112 valence electrons. The molecule has 1 aliphatic rings. The zero-order valence-electron chi connectivity index (χ0n) is 12.5. The van der Waals surface area contributed by atoms with Crippen LogP contribution in [0.3, 0.4) is 0 Å². The lowest BCUT2D eigenvalue weighted by molar-refractivity contribution is 0.202. The maximum atomic E-state index is 5.25. The summed E-state index contributed by atoms with van der Waals surface area (Å²) < 4.78 is 5.25. The highest BCUT2D eigenvalue weighted by molar-refractivity contribution is 5.80. The maximum Gasteiger partial charge on any atom is 0.138 e. The largest absolute Gasteiger partial charge is 0.384 e. The Morgan fingerprint density at radius 3 is 3.14 bits per heavy atom. The SMILES string of the molecule is COCCc1cc2c(cc1-c1nc3ccncc3[nH]1)CCN2. The summed E-state index contributed by atoms with van der Waals surface area (Å²) in [5.74, 6) is 0.906. The Bertz CT molecular complexity index is 792. The van der Waals surface area contributed by atoms with Crippen molar-refractivity contribution in [2.75, 3.05) is 25.6 Å². The van der Waals surface area contributed by atoms with Crippen LogP contribution in [0.2, 0.25) is 0 Å². The third kappa shape index (κ3) is 2.23. The van der Waals surface area contributed by atoms with E-state index >= 15 is 0 Å². The quantitative estimate of drug-likeness (QED) is 0.776. The van der Waals surface area contributed by atoms with Crippen LogP contribution < -0.4 is 5.32 Å². The van der Waals surface area contributed by atoms with Gasteiger partial charge in [-0.25, -0.2) is 4.98 Å². The molecule has 2 aromatic heterocycles. The number of aromatic amines is 1.